The molecule has 2 aliphatic heterocycles. The number of hydrogen-bond acceptors (Lipinski definition) is 4. The molecule has 0 amide bonds. The molecule has 2 atom stereocenters. The molecule has 0 radical (unpaired) electrons. The molecule has 4 nitrogen and oxygen atoms in total. The third-order valence-electron chi connectivity index (χ3n) is 4.38. The first kappa shape index (κ1) is 12.4. The fourth-order valence-corrected chi connectivity index (χ4v) is 3.37. The minimum Gasteiger partial charge on any atom is -0.366 e. The number of anilines is 1. The number of piperidine rings is 1. The Morgan fingerprint density at radius 3 is 3.11 bits per heavy atom. The maximum Gasteiger partial charge on any atom is 0.142 e. The standard InChI is InChI=1S/C15H20N4/c1-12-10-18-7-3-2-4-15(18)11-19(12)14-5-6-17-13(8-14)9-16/h5-6,8,12,15H,2-4,7,10-11H2,1H3. The topological polar surface area (TPSA) is 43.2 Å². The molecule has 100 valence electrons. The van der Waals surface area contributed by atoms with Gasteiger partial charge >= 0.3 is 0 Å². The van der Waals surface area contributed by atoms with E-state index in [1.807, 2.05) is 12.1 Å². The number of nitriles is 1. The third-order valence-corrected chi connectivity index (χ3v) is 4.38. The van der Waals surface area contributed by atoms with Crippen molar-refractivity contribution in [3.05, 3.63) is 24.0 Å². The Labute approximate surface area is 114 Å². The van der Waals surface area contributed by atoms with Crippen LogP contribution in [0, 0.1) is 11.3 Å². The third kappa shape index (κ3) is 2.43. The summed E-state index contributed by atoms with van der Waals surface area (Å²) >= 11 is 0. The lowest BCUT2D eigenvalue weighted by Gasteiger charge is -2.48. The van der Waals surface area contributed by atoms with E-state index in [-0.39, 0.29) is 0 Å². The number of aromatic nitrogens is 1. The molecule has 2 fully saturated rings. The quantitative estimate of drug-likeness (QED) is 0.771. The largest absolute Gasteiger partial charge is 0.366 e. The molecule has 0 aromatic carbocycles. The SMILES string of the molecule is CC1CN2CCCCC2CN1c1ccnc(C#N)c1. The highest BCUT2D eigenvalue weighted by Crippen LogP contribution is 2.28. The molecule has 0 bridgehead atoms. The van der Waals surface area contributed by atoms with Gasteiger partial charge in [-0.1, -0.05) is 6.42 Å². The van der Waals surface area contributed by atoms with Gasteiger partial charge in [0.15, 0.2) is 0 Å². The lowest BCUT2D eigenvalue weighted by atomic mass is 9.97. The van der Waals surface area contributed by atoms with Crippen molar-refractivity contribution in [3.63, 3.8) is 0 Å². The Bertz CT molecular complexity index is 493. The van der Waals surface area contributed by atoms with Crippen LogP contribution in [0.15, 0.2) is 18.3 Å². The van der Waals surface area contributed by atoms with Gasteiger partial charge in [-0.05, 0) is 38.4 Å². The van der Waals surface area contributed by atoms with Crippen molar-refractivity contribution in [1.29, 1.82) is 5.26 Å². The number of rotatable bonds is 1. The van der Waals surface area contributed by atoms with Crippen LogP contribution in [-0.2, 0) is 0 Å². The molecule has 0 spiro atoms. The molecular formula is C15H20N4. The van der Waals surface area contributed by atoms with Crippen molar-refractivity contribution in [1.82, 2.24) is 9.88 Å². The van der Waals surface area contributed by atoms with Crippen LogP contribution in [0.5, 0.6) is 0 Å². The summed E-state index contributed by atoms with van der Waals surface area (Å²) in [4.78, 5) is 9.14. The van der Waals surface area contributed by atoms with Crippen molar-refractivity contribution in [2.24, 2.45) is 0 Å². The molecule has 3 heterocycles. The number of nitrogens with zero attached hydrogens (tertiary/aromatic N) is 4. The van der Waals surface area contributed by atoms with E-state index in [1.165, 1.54) is 25.8 Å². The number of pyridine rings is 1. The van der Waals surface area contributed by atoms with Crippen LogP contribution in [0.2, 0.25) is 0 Å². The van der Waals surface area contributed by atoms with E-state index in [4.69, 9.17) is 5.26 Å². The van der Waals surface area contributed by atoms with Gasteiger partial charge in [0.05, 0.1) is 0 Å². The average molecular weight is 256 g/mol. The lowest BCUT2D eigenvalue weighted by Crippen LogP contribution is -2.58. The van der Waals surface area contributed by atoms with E-state index in [1.54, 1.807) is 6.20 Å². The van der Waals surface area contributed by atoms with Crippen LogP contribution >= 0.6 is 0 Å². The summed E-state index contributed by atoms with van der Waals surface area (Å²) in [5, 5.41) is 8.97. The molecule has 0 N–H and O–H groups in total. The van der Waals surface area contributed by atoms with E-state index in [0.29, 0.717) is 17.8 Å². The van der Waals surface area contributed by atoms with Gasteiger partial charge < -0.3 is 4.90 Å². The van der Waals surface area contributed by atoms with Gasteiger partial charge in [0.1, 0.15) is 11.8 Å². The highest BCUT2D eigenvalue weighted by Gasteiger charge is 2.32. The molecule has 0 saturated carbocycles. The molecule has 2 saturated heterocycles. The maximum absolute atomic E-state index is 8.97. The van der Waals surface area contributed by atoms with Gasteiger partial charge in [0, 0.05) is 37.1 Å². The fourth-order valence-electron chi connectivity index (χ4n) is 3.37. The van der Waals surface area contributed by atoms with E-state index < -0.39 is 0 Å². The zero-order chi connectivity index (χ0) is 13.2. The van der Waals surface area contributed by atoms with Crippen molar-refractivity contribution >= 4 is 5.69 Å². The second-order valence-corrected chi connectivity index (χ2v) is 5.66. The highest BCUT2D eigenvalue weighted by molar-refractivity contribution is 5.50. The van der Waals surface area contributed by atoms with E-state index in [9.17, 15) is 0 Å². The summed E-state index contributed by atoms with van der Waals surface area (Å²) in [7, 11) is 0. The van der Waals surface area contributed by atoms with Crippen LogP contribution in [-0.4, -0.2) is 41.6 Å². The Morgan fingerprint density at radius 2 is 2.26 bits per heavy atom. The minimum absolute atomic E-state index is 0.503. The van der Waals surface area contributed by atoms with Gasteiger partial charge in [-0.15, -0.1) is 0 Å². The number of hydrogen-bond donors (Lipinski definition) is 0. The van der Waals surface area contributed by atoms with Crippen LogP contribution in [0.1, 0.15) is 31.9 Å². The van der Waals surface area contributed by atoms with Gasteiger partial charge in [-0.3, -0.25) is 4.90 Å². The highest BCUT2D eigenvalue weighted by atomic mass is 15.3. The number of piperazine rings is 1. The van der Waals surface area contributed by atoms with Gasteiger partial charge in [0.2, 0.25) is 0 Å². The van der Waals surface area contributed by atoms with E-state index in [2.05, 4.69) is 27.8 Å². The zero-order valence-electron chi connectivity index (χ0n) is 11.4. The van der Waals surface area contributed by atoms with Crippen molar-refractivity contribution < 1.29 is 0 Å². The molecule has 1 aromatic heterocycles. The van der Waals surface area contributed by atoms with Crippen LogP contribution < -0.4 is 4.90 Å². The summed E-state index contributed by atoms with van der Waals surface area (Å²) in [6.07, 6.45) is 5.74. The second kappa shape index (κ2) is 5.18. The zero-order valence-corrected chi connectivity index (χ0v) is 11.4. The predicted molar refractivity (Wildman–Crippen MR) is 75.0 cm³/mol. The first-order valence-electron chi connectivity index (χ1n) is 7.15. The molecule has 1 aromatic rings. The van der Waals surface area contributed by atoms with Crippen LogP contribution in [0.4, 0.5) is 5.69 Å². The Morgan fingerprint density at radius 1 is 1.37 bits per heavy atom. The molecule has 0 aliphatic carbocycles. The summed E-state index contributed by atoms with van der Waals surface area (Å²) in [5.74, 6) is 0. The first-order valence-corrected chi connectivity index (χ1v) is 7.15. The Hall–Kier alpha value is -1.60. The molecule has 19 heavy (non-hydrogen) atoms. The Balaban J connectivity index is 1.82. The normalized spacial score (nSPS) is 27.7. The Kier molecular flexibility index (Phi) is 3.39. The van der Waals surface area contributed by atoms with Gasteiger partial charge in [-0.25, -0.2) is 4.98 Å². The molecule has 2 unspecified atom stereocenters. The fraction of sp³-hybridized carbons (Fsp3) is 0.600. The minimum atomic E-state index is 0.503. The summed E-state index contributed by atoms with van der Waals surface area (Å²) in [5.41, 5.74) is 1.65. The van der Waals surface area contributed by atoms with E-state index in [0.717, 1.165) is 18.8 Å². The lowest BCUT2D eigenvalue weighted by molar-refractivity contribution is 0.115. The maximum atomic E-state index is 8.97. The molecular weight excluding hydrogens is 236 g/mol. The number of fused-ring (bicyclic) bond motifs is 1. The monoisotopic (exact) mass is 256 g/mol. The van der Waals surface area contributed by atoms with Crippen LogP contribution in [0.25, 0.3) is 0 Å². The van der Waals surface area contributed by atoms with Crippen LogP contribution in [0.3, 0.4) is 0 Å². The molecule has 4 heteroatoms. The summed E-state index contributed by atoms with van der Waals surface area (Å²) < 4.78 is 0. The molecule has 3 rings (SSSR count). The smallest absolute Gasteiger partial charge is 0.142 e. The summed E-state index contributed by atoms with van der Waals surface area (Å²) in [6, 6.07) is 7.25. The van der Waals surface area contributed by atoms with E-state index >= 15 is 0 Å². The first-order chi connectivity index (χ1) is 9.28. The molecule has 2 aliphatic rings. The van der Waals surface area contributed by atoms with Gasteiger partial charge in [-0.2, -0.15) is 5.26 Å². The second-order valence-electron chi connectivity index (χ2n) is 5.66. The predicted octanol–water partition coefficient (Wildman–Crippen LogP) is 2.02. The average Bonchev–Trinajstić information content (AvgIpc) is 2.46. The van der Waals surface area contributed by atoms with Crippen molar-refractivity contribution in [2.45, 2.75) is 38.3 Å². The van der Waals surface area contributed by atoms with Crippen molar-refractivity contribution in [2.75, 3.05) is 24.5 Å². The summed E-state index contributed by atoms with van der Waals surface area (Å²) in [6.45, 7) is 5.74. The van der Waals surface area contributed by atoms with Gasteiger partial charge in [0.25, 0.3) is 0 Å². The van der Waals surface area contributed by atoms with Crippen molar-refractivity contribution in [3.8, 4) is 6.07 Å².